The highest BCUT2D eigenvalue weighted by Crippen LogP contribution is 2.25. The van der Waals surface area contributed by atoms with Gasteiger partial charge >= 0.3 is 0 Å². The van der Waals surface area contributed by atoms with E-state index in [1.54, 1.807) is 6.92 Å². The van der Waals surface area contributed by atoms with Crippen molar-refractivity contribution in [1.82, 2.24) is 0 Å². The van der Waals surface area contributed by atoms with Gasteiger partial charge in [-0.15, -0.1) is 0 Å². The van der Waals surface area contributed by atoms with Crippen LogP contribution in [0.15, 0.2) is 0 Å². The molecule has 1 atom stereocenters. The molecule has 0 N–H and O–H groups in total. The second-order valence-electron chi connectivity index (χ2n) is 3.74. The molecule has 0 bridgehead atoms. The summed E-state index contributed by atoms with van der Waals surface area (Å²) in [5.74, 6) is 1.14. The van der Waals surface area contributed by atoms with Crippen LogP contribution in [0.5, 0.6) is 0 Å². The number of rotatable bonds is 3. The molecule has 1 heteroatoms. The van der Waals surface area contributed by atoms with Gasteiger partial charge < -0.3 is 0 Å². The van der Waals surface area contributed by atoms with E-state index in [4.69, 9.17) is 0 Å². The lowest BCUT2D eigenvalue weighted by Crippen LogP contribution is -2.24. The molecule has 0 radical (unpaired) electrons. The fraction of sp³-hybridized carbons (Fsp3) is 1.00. The number of hydrogen-bond donors (Lipinski definition) is 0. The topological polar surface area (TPSA) is 0 Å². The van der Waals surface area contributed by atoms with E-state index in [9.17, 15) is 4.39 Å². The summed E-state index contributed by atoms with van der Waals surface area (Å²) in [7, 11) is 0. The van der Waals surface area contributed by atoms with Crippen molar-refractivity contribution >= 4 is 0 Å². The van der Waals surface area contributed by atoms with Crippen molar-refractivity contribution < 1.29 is 4.39 Å². The van der Waals surface area contributed by atoms with Crippen LogP contribution in [0.25, 0.3) is 0 Å². The molecule has 0 saturated heterocycles. The highest BCUT2D eigenvalue weighted by molar-refractivity contribution is 4.71. The third-order valence-corrected chi connectivity index (χ3v) is 2.07. The Morgan fingerprint density at radius 3 is 1.10 bits per heavy atom. The molecule has 0 amide bonds. The molecule has 0 nitrogen and oxygen atoms in total. The van der Waals surface area contributed by atoms with E-state index in [1.807, 2.05) is 0 Å². The maximum atomic E-state index is 12.9. The van der Waals surface area contributed by atoms with Crippen LogP contribution in [0, 0.1) is 17.8 Å². The first-order valence-electron chi connectivity index (χ1n) is 4.10. The molecule has 0 aromatic rings. The van der Waals surface area contributed by atoms with Gasteiger partial charge in [-0.1, -0.05) is 27.7 Å². The van der Waals surface area contributed by atoms with Crippen LogP contribution < -0.4 is 0 Å². The van der Waals surface area contributed by atoms with E-state index in [-0.39, 0.29) is 5.92 Å². The van der Waals surface area contributed by atoms with E-state index in [0.29, 0.717) is 11.8 Å². The molecule has 0 spiro atoms. The summed E-state index contributed by atoms with van der Waals surface area (Å²) in [6, 6.07) is 0. The first-order chi connectivity index (χ1) is 4.46. The normalized spacial score (nSPS) is 15.3. The Morgan fingerprint density at radius 1 is 0.800 bits per heavy atom. The molecule has 0 fully saturated rings. The highest BCUT2D eigenvalue weighted by atomic mass is 19.1. The second kappa shape index (κ2) is 3.95. The lowest BCUT2D eigenvalue weighted by atomic mass is 9.82. The minimum absolute atomic E-state index is 0.222. The molecule has 0 aliphatic heterocycles. The lowest BCUT2D eigenvalue weighted by molar-refractivity contribution is 0.149. The third-order valence-electron chi connectivity index (χ3n) is 2.07. The zero-order valence-corrected chi connectivity index (χ0v) is 7.69. The average molecular weight is 146 g/mol. The summed E-state index contributed by atoms with van der Waals surface area (Å²) in [5.41, 5.74) is 0. The maximum absolute atomic E-state index is 12.9. The van der Waals surface area contributed by atoms with Crippen molar-refractivity contribution in [2.75, 3.05) is 0 Å². The molecular weight excluding hydrogens is 127 g/mol. The van der Waals surface area contributed by atoms with Crippen LogP contribution in [0.2, 0.25) is 0 Å². The van der Waals surface area contributed by atoms with Crippen LogP contribution in [0.4, 0.5) is 4.39 Å². The molecular formula is C9H19F. The van der Waals surface area contributed by atoms with Gasteiger partial charge in [0, 0.05) is 0 Å². The second-order valence-corrected chi connectivity index (χ2v) is 3.74. The van der Waals surface area contributed by atoms with E-state index < -0.39 is 6.17 Å². The fourth-order valence-corrected chi connectivity index (χ4v) is 1.83. The number of halogens is 1. The van der Waals surface area contributed by atoms with Gasteiger partial charge in [0.2, 0.25) is 0 Å². The van der Waals surface area contributed by atoms with Crippen molar-refractivity contribution in [3.63, 3.8) is 0 Å². The molecule has 0 aromatic heterocycles. The molecule has 10 heavy (non-hydrogen) atoms. The van der Waals surface area contributed by atoms with Crippen LogP contribution in [0.3, 0.4) is 0 Å². The van der Waals surface area contributed by atoms with Gasteiger partial charge in [-0.25, -0.2) is 4.39 Å². The summed E-state index contributed by atoms with van der Waals surface area (Å²) in [6.07, 6.45) is -0.667. The summed E-state index contributed by atoms with van der Waals surface area (Å²) < 4.78 is 12.9. The molecule has 1 unspecified atom stereocenters. The molecule has 0 saturated carbocycles. The summed E-state index contributed by atoms with van der Waals surface area (Å²) in [6.45, 7) is 9.99. The van der Waals surface area contributed by atoms with E-state index in [1.165, 1.54) is 0 Å². The first-order valence-corrected chi connectivity index (χ1v) is 4.10. The number of alkyl halides is 1. The Kier molecular flexibility index (Phi) is 3.92. The van der Waals surface area contributed by atoms with Crippen LogP contribution in [0.1, 0.15) is 34.6 Å². The van der Waals surface area contributed by atoms with Gasteiger partial charge in [0.1, 0.15) is 6.17 Å². The number of hydrogen-bond acceptors (Lipinski definition) is 0. The van der Waals surface area contributed by atoms with Crippen LogP contribution in [-0.2, 0) is 0 Å². The third kappa shape index (κ3) is 2.68. The standard InChI is InChI=1S/C9H19F/c1-6(2)9(7(3)4)8(5)10/h6-9H,1-5H3. The smallest absolute Gasteiger partial charge is 0.101 e. The summed E-state index contributed by atoms with van der Waals surface area (Å²) in [4.78, 5) is 0. The van der Waals surface area contributed by atoms with E-state index in [0.717, 1.165) is 0 Å². The molecule has 62 valence electrons. The Hall–Kier alpha value is -0.0700. The van der Waals surface area contributed by atoms with Gasteiger partial charge in [0.15, 0.2) is 0 Å². The van der Waals surface area contributed by atoms with Gasteiger partial charge in [0.25, 0.3) is 0 Å². The Balaban J connectivity index is 3.98. The summed E-state index contributed by atoms with van der Waals surface area (Å²) >= 11 is 0. The lowest BCUT2D eigenvalue weighted by Gasteiger charge is -2.25. The molecule has 0 aliphatic carbocycles. The summed E-state index contributed by atoms with van der Waals surface area (Å²) in [5, 5.41) is 0. The monoisotopic (exact) mass is 146 g/mol. The minimum atomic E-state index is -0.667. The Labute approximate surface area is 63.8 Å². The SMILES string of the molecule is CC(C)C(C(C)C)C(C)F. The van der Waals surface area contributed by atoms with Crippen LogP contribution in [-0.4, -0.2) is 6.17 Å². The molecule has 0 heterocycles. The van der Waals surface area contributed by atoms with Gasteiger partial charge in [0.05, 0.1) is 0 Å². The van der Waals surface area contributed by atoms with Gasteiger partial charge in [-0.05, 0) is 24.7 Å². The van der Waals surface area contributed by atoms with E-state index in [2.05, 4.69) is 27.7 Å². The van der Waals surface area contributed by atoms with Gasteiger partial charge in [-0.3, -0.25) is 0 Å². The molecule has 0 rings (SSSR count). The molecule has 0 aliphatic rings. The Bertz CT molecular complexity index is 65.7. The van der Waals surface area contributed by atoms with Crippen molar-refractivity contribution in [3.05, 3.63) is 0 Å². The largest absolute Gasteiger partial charge is 0.247 e. The van der Waals surface area contributed by atoms with E-state index >= 15 is 0 Å². The first kappa shape index (κ1) is 9.93. The van der Waals surface area contributed by atoms with Crippen LogP contribution >= 0.6 is 0 Å². The zero-order valence-electron chi connectivity index (χ0n) is 7.69. The highest BCUT2D eigenvalue weighted by Gasteiger charge is 2.23. The predicted molar refractivity (Wildman–Crippen MR) is 43.7 cm³/mol. The van der Waals surface area contributed by atoms with Crippen molar-refractivity contribution in [2.24, 2.45) is 17.8 Å². The zero-order chi connectivity index (χ0) is 8.31. The fourth-order valence-electron chi connectivity index (χ4n) is 1.83. The van der Waals surface area contributed by atoms with Crippen molar-refractivity contribution in [3.8, 4) is 0 Å². The molecule has 0 aromatic carbocycles. The predicted octanol–water partition coefficient (Wildman–Crippen LogP) is 3.27. The average Bonchev–Trinajstić information content (AvgIpc) is 1.59. The van der Waals surface area contributed by atoms with Crippen molar-refractivity contribution in [1.29, 1.82) is 0 Å². The van der Waals surface area contributed by atoms with Crippen molar-refractivity contribution in [2.45, 2.75) is 40.8 Å². The maximum Gasteiger partial charge on any atom is 0.101 e. The quantitative estimate of drug-likeness (QED) is 0.573. The minimum Gasteiger partial charge on any atom is -0.247 e. The Morgan fingerprint density at radius 2 is 1.10 bits per heavy atom. The van der Waals surface area contributed by atoms with Gasteiger partial charge in [-0.2, -0.15) is 0 Å².